The second-order valence-electron chi connectivity index (χ2n) is 10.6. The number of hydrogen-bond acceptors (Lipinski definition) is 9. The molecule has 0 aliphatic carbocycles. The Hall–Kier alpha value is -6.94. The molecular formula is C39H27AlN6O6. The first-order valence-corrected chi connectivity index (χ1v) is 17.4. The highest BCUT2D eigenvalue weighted by Crippen LogP contribution is 2.28. The molecule has 0 N–H and O–H groups in total. The molecule has 0 saturated heterocycles. The molecule has 52 heavy (non-hydrogen) atoms. The van der Waals surface area contributed by atoms with Crippen LogP contribution in [0.1, 0.15) is 31.1 Å². The molecule has 3 amide bonds. The third-order valence-corrected chi connectivity index (χ3v) is 7.99. The predicted molar refractivity (Wildman–Crippen MR) is 192 cm³/mol. The molecule has 0 atom stereocenters. The van der Waals surface area contributed by atoms with Gasteiger partial charge in [0, 0.05) is 0 Å². The minimum Gasteiger partial charge on any atom is -0.457 e. The van der Waals surface area contributed by atoms with Crippen molar-refractivity contribution in [3.63, 3.8) is 0 Å². The van der Waals surface area contributed by atoms with E-state index < -0.39 is 32.5 Å². The van der Waals surface area contributed by atoms with Gasteiger partial charge in [-0.1, -0.05) is 91.0 Å². The number of para-hydroxylation sites is 6. The number of carbonyl (C=O) groups excluding carboxylic acids is 3. The van der Waals surface area contributed by atoms with Gasteiger partial charge in [0.25, 0.3) is 17.7 Å². The lowest BCUT2D eigenvalue weighted by molar-refractivity contribution is 0.0986. The molecule has 0 bridgehead atoms. The van der Waals surface area contributed by atoms with Crippen molar-refractivity contribution in [1.29, 1.82) is 0 Å². The number of hydrogen-bond donors (Lipinski definition) is 0. The maximum atomic E-state index is 13.3. The van der Waals surface area contributed by atoms with E-state index in [1.807, 2.05) is 18.2 Å². The Morgan fingerprint density at radius 3 is 0.885 bits per heavy atom. The number of nitrogens with zero attached hydrogens (tertiary/aromatic N) is 6. The molecule has 13 heteroatoms. The summed E-state index contributed by atoms with van der Waals surface area (Å²) in [5.74, 6) is -0.0294. The van der Waals surface area contributed by atoms with Crippen molar-refractivity contribution in [2.75, 3.05) is 0 Å². The summed E-state index contributed by atoms with van der Waals surface area (Å²) in [4.78, 5) is 39.9. The minimum absolute atomic E-state index is 0.114. The van der Waals surface area contributed by atoms with Crippen LogP contribution in [0.2, 0.25) is 0 Å². The summed E-state index contributed by atoms with van der Waals surface area (Å²) in [6.07, 6.45) is 0. The van der Waals surface area contributed by atoms with E-state index >= 15 is 0 Å². The number of amides is 3. The van der Waals surface area contributed by atoms with E-state index in [0.717, 1.165) is 0 Å². The van der Waals surface area contributed by atoms with E-state index in [9.17, 15) is 14.4 Å². The van der Waals surface area contributed by atoms with Gasteiger partial charge in [-0.15, -0.1) is 15.3 Å². The first kappa shape index (κ1) is 34.9. The molecule has 6 rings (SSSR count). The molecule has 0 saturated carbocycles. The molecule has 0 radical (unpaired) electrons. The van der Waals surface area contributed by atoms with Crippen LogP contribution in [0.4, 0.5) is 0 Å². The van der Waals surface area contributed by atoms with Crippen LogP contribution in [0.3, 0.4) is 0 Å². The van der Waals surface area contributed by atoms with Crippen molar-refractivity contribution in [3.05, 3.63) is 180 Å². The second-order valence-corrected chi connectivity index (χ2v) is 12.0. The van der Waals surface area contributed by atoms with Gasteiger partial charge >= 0.3 is 14.8 Å². The quantitative estimate of drug-likeness (QED) is 0.0913. The van der Waals surface area contributed by atoms with E-state index in [1.54, 1.807) is 127 Å². The lowest BCUT2D eigenvalue weighted by atomic mass is 10.2. The Balaban J connectivity index is 1.27. The van der Waals surface area contributed by atoms with Gasteiger partial charge in [-0.2, -0.15) is 0 Å². The molecule has 0 heterocycles. The third-order valence-electron chi connectivity index (χ3n) is 7.02. The lowest BCUT2D eigenvalue weighted by Crippen LogP contribution is -2.07. The van der Waals surface area contributed by atoms with E-state index in [-0.39, 0.29) is 33.9 Å². The number of carbonyl (C=O) groups is 3. The second kappa shape index (κ2) is 17.6. The molecule has 0 spiro atoms. The molecular weight excluding hydrogens is 675 g/mol. The molecule has 6 aromatic rings. The standard InChI is InChI=1S/3C13H9N2O2.Al/c3*14-15-13(16)11-8-4-5-9-12(11)17-10-6-2-1-3-7-10;/h3*1-9H;/q3*-1;+3. The zero-order chi connectivity index (χ0) is 36.0. The van der Waals surface area contributed by atoms with Crippen LogP contribution < -0.4 is 14.2 Å². The summed E-state index contributed by atoms with van der Waals surface area (Å²) >= 11 is -3.44. The van der Waals surface area contributed by atoms with Crippen molar-refractivity contribution in [2.45, 2.75) is 0 Å². The zero-order valence-electron chi connectivity index (χ0n) is 27.3. The van der Waals surface area contributed by atoms with Gasteiger partial charge in [0.05, 0.1) is 16.7 Å². The Bertz CT molecular complexity index is 2000. The largest absolute Gasteiger partial charge is 0.856 e. The SMILES string of the molecule is O=C(N=[N][Al]([N]=NC(=O)c1ccccc1Oc1ccccc1)[N]=NC(=O)c1ccccc1Oc1ccccc1)c1ccccc1Oc1ccccc1. The monoisotopic (exact) mass is 702 g/mol. The summed E-state index contributed by atoms with van der Waals surface area (Å²) in [5, 5.41) is 11.5. The summed E-state index contributed by atoms with van der Waals surface area (Å²) in [6, 6.07) is 46.3. The van der Waals surface area contributed by atoms with Crippen LogP contribution in [-0.4, -0.2) is 32.5 Å². The van der Waals surface area contributed by atoms with Crippen LogP contribution >= 0.6 is 0 Å². The topological polar surface area (TPSA) is 153 Å². The summed E-state index contributed by atoms with van der Waals surface area (Å²) in [7, 11) is 0. The number of rotatable bonds is 12. The van der Waals surface area contributed by atoms with Crippen LogP contribution in [0, 0.1) is 0 Å². The fraction of sp³-hybridized carbons (Fsp3) is 0. The summed E-state index contributed by atoms with van der Waals surface area (Å²) < 4.78 is 29.8. The average Bonchev–Trinajstić information content (AvgIpc) is 3.19. The van der Waals surface area contributed by atoms with Gasteiger partial charge in [-0.3, -0.25) is 14.4 Å². The highest BCUT2D eigenvalue weighted by atomic mass is 27.2. The van der Waals surface area contributed by atoms with E-state index in [1.165, 1.54) is 18.2 Å². The van der Waals surface area contributed by atoms with Crippen molar-refractivity contribution in [2.24, 2.45) is 27.6 Å². The van der Waals surface area contributed by atoms with E-state index in [2.05, 4.69) is 27.6 Å². The first-order valence-electron chi connectivity index (χ1n) is 15.8. The van der Waals surface area contributed by atoms with Crippen LogP contribution in [0.5, 0.6) is 34.5 Å². The van der Waals surface area contributed by atoms with Crippen LogP contribution in [-0.2, 0) is 0 Å². The van der Waals surface area contributed by atoms with Crippen molar-refractivity contribution in [1.82, 2.24) is 0 Å². The van der Waals surface area contributed by atoms with E-state index in [0.29, 0.717) is 17.2 Å². The van der Waals surface area contributed by atoms with Crippen molar-refractivity contribution >= 4 is 32.5 Å². The maximum absolute atomic E-state index is 13.3. The van der Waals surface area contributed by atoms with Gasteiger partial charge in [-0.25, -0.2) is 12.3 Å². The fourth-order valence-corrected chi connectivity index (χ4v) is 5.35. The number of benzene rings is 6. The smallest absolute Gasteiger partial charge is 0.457 e. The minimum atomic E-state index is -3.44. The van der Waals surface area contributed by atoms with Gasteiger partial charge in [0.1, 0.15) is 34.5 Å². The zero-order valence-corrected chi connectivity index (χ0v) is 28.5. The Labute approximate surface area is 302 Å². The lowest BCUT2D eigenvalue weighted by Gasteiger charge is -2.08. The van der Waals surface area contributed by atoms with E-state index in [4.69, 9.17) is 14.2 Å². The first-order chi connectivity index (χ1) is 25.5. The molecule has 252 valence electrons. The maximum Gasteiger partial charge on any atom is 0.856 e. The van der Waals surface area contributed by atoms with Gasteiger partial charge in [0.2, 0.25) is 0 Å². The highest BCUT2D eigenvalue weighted by molar-refractivity contribution is 6.52. The highest BCUT2D eigenvalue weighted by Gasteiger charge is 2.27. The summed E-state index contributed by atoms with van der Waals surface area (Å²) in [5.41, 5.74) is 0.341. The van der Waals surface area contributed by atoms with Crippen molar-refractivity contribution < 1.29 is 28.6 Å². The van der Waals surface area contributed by atoms with Gasteiger partial charge in [0.15, 0.2) is 0 Å². The molecule has 0 unspecified atom stereocenters. The normalized spacial score (nSPS) is 11.1. The molecule has 0 aromatic heterocycles. The Kier molecular flexibility index (Phi) is 11.8. The predicted octanol–water partition coefficient (Wildman–Crippen LogP) is 10.2. The molecule has 12 nitrogen and oxygen atoms in total. The molecule has 0 fully saturated rings. The third kappa shape index (κ3) is 9.61. The van der Waals surface area contributed by atoms with Crippen molar-refractivity contribution in [3.8, 4) is 34.5 Å². The van der Waals surface area contributed by atoms with Crippen LogP contribution in [0.15, 0.2) is 191 Å². The molecule has 0 aliphatic rings. The Morgan fingerprint density at radius 1 is 0.346 bits per heavy atom. The fourth-order valence-electron chi connectivity index (χ4n) is 4.59. The molecule has 6 aromatic carbocycles. The average molecular weight is 703 g/mol. The molecule has 0 aliphatic heterocycles. The van der Waals surface area contributed by atoms with Gasteiger partial charge < -0.3 is 14.2 Å². The van der Waals surface area contributed by atoms with Crippen LogP contribution in [0.25, 0.3) is 0 Å². The Morgan fingerprint density at radius 2 is 0.596 bits per heavy atom. The van der Waals surface area contributed by atoms with Gasteiger partial charge in [-0.05, 0) is 72.8 Å². The summed E-state index contributed by atoms with van der Waals surface area (Å²) in [6.45, 7) is 0. The number of ether oxygens (including phenoxy) is 3.